The second-order valence-electron chi connectivity index (χ2n) is 5.67. The van der Waals surface area contributed by atoms with Gasteiger partial charge in [0, 0.05) is 31.2 Å². The summed E-state index contributed by atoms with van der Waals surface area (Å²) in [6, 6.07) is 10.9. The van der Waals surface area contributed by atoms with Crippen LogP contribution in [0, 0.1) is 0 Å². The summed E-state index contributed by atoms with van der Waals surface area (Å²) in [5.74, 6) is 0. The zero-order valence-corrected chi connectivity index (χ0v) is 13.3. The van der Waals surface area contributed by atoms with Gasteiger partial charge in [-0.15, -0.1) is 0 Å². The van der Waals surface area contributed by atoms with E-state index in [4.69, 9.17) is 12.2 Å². The third-order valence-corrected chi connectivity index (χ3v) is 4.42. The fourth-order valence-electron chi connectivity index (χ4n) is 2.96. The Balaban J connectivity index is 2.04. The van der Waals surface area contributed by atoms with E-state index in [1.807, 2.05) is 25.4 Å². The van der Waals surface area contributed by atoms with Crippen molar-refractivity contribution in [3.05, 3.63) is 54.1 Å². The number of nitrogens with zero attached hydrogens (tertiary/aromatic N) is 3. The van der Waals surface area contributed by atoms with Gasteiger partial charge in [-0.05, 0) is 50.3 Å². The molecule has 3 heterocycles. The molecular formula is C16H20N4S. The molecule has 1 fully saturated rings. The standard InChI is InChI=1S/C16H20N4S/c1-11(2)20-10-6-8-13(20)15-14(18-16(21)19(15)3)12-7-4-5-9-17-12/h4-11,14-15H,1-3H3,(H,18,21)/t14-,15-/m1/s1. The Hall–Kier alpha value is -1.88. The number of nitrogens with one attached hydrogen (secondary N) is 1. The summed E-state index contributed by atoms with van der Waals surface area (Å²) in [5.41, 5.74) is 2.28. The van der Waals surface area contributed by atoms with E-state index in [9.17, 15) is 0 Å². The van der Waals surface area contributed by atoms with E-state index in [1.54, 1.807) is 0 Å². The van der Waals surface area contributed by atoms with Crippen LogP contribution in [-0.4, -0.2) is 26.6 Å². The topological polar surface area (TPSA) is 33.1 Å². The molecule has 2 aromatic heterocycles. The van der Waals surface area contributed by atoms with Crippen molar-refractivity contribution in [2.45, 2.75) is 32.0 Å². The maximum absolute atomic E-state index is 5.46. The predicted molar refractivity (Wildman–Crippen MR) is 88.0 cm³/mol. The Kier molecular flexibility index (Phi) is 3.68. The highest BCUT2D eigenvalue weighted by atomic mass is 32.1. The first kappa shape index (κ1) is 14.1. The van der Waals surface area contributed by atoms with Crippen molar-refractivity contribution in [2.24, 2.45) is 0 Å². The van der Waals surface area contributed by atoms with Gasteiger partial charge in [0.2, 0.25) is 0 Å². The molecule has 110 valence electrons. The van der Waals surface area contributed by atoms with Crippen molar-refractivity contribution in [1.29, 1.82) is 0 Å². The third-order valence-electron chi connectivity index (χ3n) is 4.01. The van der Waals surface area contributed by atoms with E-state index in [2.05, 4.69) is 58.0 Å². The minimum atomic E-state index is 0.0797. The fraction of sp³-hybridized carbons (Fsp3) is 0.375. The van der Waals surface area contributed by atoms with Gasteiger partial charge in [0.15, 0.2) is 5.11 Å². The average molecular weight is 300 g/mol. The van der Waals surface area contributed by atoms with Crippen LogP contribution in [-0.2, 0) is 0 Å². The molecule has 1 aliphatic heterocycles. The lowest BCUT2D eigenvalue weighted by Crippen LogP contribution is -2.26. The van der Waals surface area contributed by atoms with Crippen LogP contribution in [0.2, 0.25) is 0 Å². The van der Waals surface area contributed by atoms with Gasteiger partial charge in [-0.1, -0.05) is 6.07 Å². The van der Waals surface area contributed by atoms with Gasteiger partial charge >= 0.3 is 0 Å². The van der Waals surface area contributed by atoms with Crippen LogP contribution in [0.5, 0.6) is 0 Å². The molecule has 4 nitrogen and oxygen atoms in total. The van der Waals surface area contributed by atoms with Crippen LogP contribution in [0.3, 0.4) is 0 Å². The normalized spacial score (nSPS) is 21.9. The molecule has 0 aromatic carbocycles. The molecule has 0 unspecified atom stereocenters. The summed E-state index contributed by atoms with van der Waals surface area (Å²) in [6.07, 6.45) is 3.96. The summed E-state index contributed by atoms with van der Waals surface area (Å²) < 4.78 is 2.30. The summed E-state index contributed by atoms with van der Waals surface area (Å²) in [5, 5.41) is 4.18. The summed E-state index contributed by atoms with van der Waals surface area (Å²) in [7, 11) is 2.04. The summed E-state index contributed by atoms with van der Waals surface area (Å²) in [4.78, 5) is 6.63. The van der Waals surface area contributed by atoms with E-state index in [-0.39, 0.29) is 12.1 Å². The van der Waals surface area contributed by atoms with Gasteiger partial charge < -0.3 is 14.8 Å². The van der Waals surface area contributed by atoms with Crippen molar-refractivity contribution in [3.63, 3.8) is 0 Å². The SMILES string of the molecule is CC(C)n1cccc1[C@@H]1[C@@H](c2ccccn2)NC(=S)N1C. The van der Waals surface area contributed by atoms with Crippen LogP contribution < -0.4 is 5.32 Å². The highest BCUT2D eigenvalue weighted by Crippen LogP contribution is 2.38. The highest BCUT2D eigenvalue weighted by Gasteiger charge is 2.39. The summed E-state index contributed by atoms with van der Waals surface area (Å²) in [6.45, 7) is 4.39. The Morgan fingerprint density at radius 3 is 2.71 bits per heavy atom. The number of hydrogen-bond donors (Lipinski definition) is 1. The Bertz CT molecular complexity index is 635. The zero-order chi connectivity index (χ0) is 15.0. The molecule has 1 aliphatic rings. The Labute approximate surface area is 130 Å². The lowest BCUT2D eigenvalue weighted by molar-refractivity contribution is 0.343. The van der Waals surface area contributed by atoms with Crippen LogP contribution in [0.4, 0.5) is 0 Å². The minimum absolute atomic E-state index is 0.0797. The van der Waals surface area contributed by atoms with Crippen LogP contribution in [0.1, 0.15) is 43.4 Å². The molecule has 1 saturated heterocycles. The molecule has 0 saturated carbocycles. The molecule has 0 bridgehead atoms. The molecule has 2 aromatic rings. The monoisotopic (exact) mass is 300 g/mol. The van der Waals surface area contributed by atoms with Gasteiger partial charge in [0.25, 0.3) is 0 Å². The van der Waals surface area contributed by atoms with Crippen molar-refractivity contribution < 1.29 is 0 Å². The van der Waals surface area contributed by atoms with E-state index in [0.717, 1.165) is 10.8 Å². The van der Waals surface area contributed by atoms with Crippen LogP contribution >= 0.6 is 12.2 Å². The highest BCUT2D eigenvalue weighted by molar-refractivity contribution is 7.80. The first-order valence-electron chi connectivity index (χ1n) is 7.20. The number of pyridine rings is 1. The summed E-state index contributed by atoms with van der Waals surface area (Å²) >= 11 is 5.46. The quantitative estimate of drug-likeness (QED) is 0.883. The molecule has 2 atom stereocenters. The number of aromatic nitrogens is 2. The van der Waals surface area contributed by atoms with Crippen LogP contribution in [0.25, 0.3) is 0 Å². The van der Waals surface area contributed by atoms with Crippen molar-refractivity contribution in [3.8, 4) is 0 Å². The van der Waals surface area contributed by atoms with Gasteiger partial charge in [-0.25, -0.2) is 0 Å². The molecule has 1 N–H and O–H groups in total. The average Bonchev–Trinajstić information content (AvgIpc) is 3.06. The largest absolute Gasteiger partial charge is 0.352 e. The van der Waals surface area contributed by atoms with E-state index < -0.39 is 0 Å². The van der Waals surface area contributed by atoms with Gasteiger partial charge in [0.05, 0.1) is 17.8 Å². The Morgan fingerprint density at radius 2 is 2.05 bits per heavy atom. The minimum Gasteiger partial charge on any atom is -0.352 e. The first-order chi connectivity index (χ1) is 10.1. The molecule has 3 rings (SSSR count). The third kappa shape index (κ3) is 2.42. The number of hydrogen-bond acceptors (Lipinski definition) is 2. The van der Waals surface area contributed by atoms with Gasteiger partial charge in [0.1, 0.15) is 0 Å². The predicted octanol–water partition coefficient (Wildman–Crippen LogP) is 3.07. The molecule has 0 amide bonds. The van der Waals surface area contributed by atoms with Crippen LogP contribution in [0.15, 0.2) is 42.7 Å². The number of thiocarbonyl (C=S) groups is 1. The van der Waals surface area contributed by atoms with Crippen molar-refractivity contribution in [1.82, 2.24) is 19.8 Å². The first-order valence-corrected chi connectivity index (χ1v) is 7.61. The fourth-order valence-corrected chi connectivity index (χ4v) is 3.20. The number of likely N-dealkylation sites (N-methyl/N-ethyl adjacent to an activating group) is 1. The van der Waals surface area contributed by atoms with Gasteiger partial charge in [-0.2, -0.15) is 0 Å². The van der Waals surface area contributed by atoms with E-state index >= 15 is 0 Å². The Morgan fingerprint density at radius 1 is 1.24 bits per heavy atom. The number of rotatable bonds is 3. The van der Waals surface area contributed by atoms with Crippen molar-refractivity contribution in [2.75, 3.05) is 7.05 Å². The van der Waals surface area contributed by atoms with E-state index in [0.29, 0.717) is 6.04 Å². The lowest BCUT2D eigenvalue weighted by atomic mass is 10.0. The smallest absolute Gasteiger partial charge is 0.169 e. The lowest BCUT2D eigenvalue weighted by Gasteiger charge is -2.27. The molecule has 0 aliphatic carbocycles. The zero-order valence-electron chi connectivity index (χ0n) is 12.5. The maximum Gasteiger partial charge on any atom is 0.169 e. The van der Waals surface area contributed by atoms with Crippen molar-refractivity contribution >= 4 is 17.3 Å². The molecule has 21 heavy (non-hydrogen) atoms. The maximum atomic E-state index is 5.46. The van der Waals surface area contributed by atoms with Gasteiger partial charge in [-0.3, -0.25) is 4.98 Å². The molecule has 0 spiro atoms. The molecule has 5 heteroatoms. The second-order valence-corrected chi connectivity index (χ2v) is 6.06. The molecular weight excluding hydrogens is 280 g/mol. The second kappa shape index (κ2) is 5.48. The molecule has 0 radical (unpaired) electrons. The van der Waals surface area contributed by atoms with E-state index in [1.165, 1.54) is 5.69 Å².